The van der Waals surface area contributed by atoms with Crippen molar-refractivity contribution in [1.82, 2.24) is 0 Å². The minimum Gasteiger partial charge on any atom is -0.485 e. The molecule has 2 saturated carbocycles. The van der Waals surface area contributed by atoms with E-state index in [1.54, 1.807) is 24.3 Å². The van der Waals surface area contributed by atoms with Gasteiger partial charge in [0.15, 0.2) is 12.2 Å². The van der Waals surface area contributed by atoms with Gasteiger partial charge in [-0.05, 0) is 87.1 Å². The second kappa shape index (κ2) is 12.7. The Morgan fingerprint density at radius 1 is 0.465 bits per heavy atom. The summed E-state index contributed by atoms with van der Waals surface area (Å²) in [4.78, 5) is -3.46. The Morgan fingerprint density at radius 2 is 0.791 bits per heavy atom. The van der Waals surface area contributed by atoms with Gasteiger partial charge in [0.1, 0.15) is 23.0 Å². The van der Waals surface area contributed by atoms with Crippen molar-refractivity contribution in [3.05, 3.63) is 121 Å². The van der Waals surface area contributed by atoms with Crippen LogP contribution < -0.4 is 18.9 Å². The van der Waals surface area contributed by atoms with E-state index in [4.69, 9.17) is 18.9 Å². The van der Waals surface area contributed by atoms with Crippen molar-refractivity contribution >= 4 is 9.84 Å². The van der Waals surface area contributed by atoms with Gasteiger partial charge in [0, 0.05) is 12.8 Å². The van der Waals surface area contributed by atoms with E-state index >= 15 is 8.42 Å². The largest absolute Gasteiger partial charge is 0.485 e. The molecule has 4 atom stereocenters. The first-order chi connectivity index (χ1) is 21.0. The maximum absolute atomic E-state index is 15.8. The highest BCUT2D eigenvalue weighted by Gasteiger charge is 2.68. The van der Waals surface area contributed by atoms with Gasteiger partial charge in [0.25, 0.3) is 0 Å². The Morgan fingerprint density at radius 3 is 1.14 bits per heavy atom. The third-order valence-electron chi connectivity index (χ3n) is 8.48. The van der Waals surface area contributed by atoms with Gasteiger partial charge < -0.3 is 18.9 Å². The molecular weight excluding hydrogens is 560 g/mol. The molecule has 7 heteroatoms. The minimum atomic E-state index is -4.34. The number of para-hydroxylation sites is 4. The summed E-state index contributed by atoms with van der Waals surface area (Å²) in [5.74, 6) is 2.15. The lowest BCUT2D eigenvalue weighted by atomic mass is 9.92. The highest BCUT2D eigenvalue weighted by molar-refractivity contribution is 7.94. The lowest BCUT2D eigenvalue weighted by Crippen LogP contribution is -2.69. The molecule has 6 nitrogen and oxygen atoms in total. The highest BCUT2D eigenvalue weighted by atomic mass is 32.2. The summed E-state index contributed by atoms with van der Waals surface area (Å²) in [5.41, 5.74) is 0. The third-order valence-corrected chi connectivity index (χ3v) is 11.4. The zero-order chi connectivity index (χ0) is 29.6. The summed E-state index contributed by atoms with van der Waals surface area (Å²) in [7, 11) is -4.34. The molecule has 0 heterocycles. The van der Waals surface area contributed by atoms with Crippen LogP contribution in [0.5, 0.6) is 23.0 Å². The maximum atomic E-state index is 15.8. The molecule has 0 spiro atoms. The second-order valence-corrected chi connectivity index (χ2v) is 13.7. The second-order valence-electron chi connectivity index (χ2n) is 11.3. The molecule has 0 aliphatic heterocycles. The first-order valence-electron chi connectivity index (χ1n) is 15.2. The smallest absolute Gasteiger partial charge is 0.249 e. The number of rotatable bonds is 10. The van der Waals surface area contributed by atoms with Crippen molar-refractivity contribution in [3.8, 4) is 23.0 Å². The Labute approximate surface area is 254 Å². The van der Waals surface area contributed by atoms with Crippen LogP contribution in [0, 0.1) is 0 Å². The molecule has 2 fully saturated rings. The average Bonchev–Trinajstić information content (AvgIpc) is 3.05. The van der Waals surface area contributed by atoms with Crippen LogP contribution in [0.3, 0.4) is 0 Å². The third kappa shape index (κ3) is 5.83. The number of ether oxygens (including phenoxy) is 4. The van der Waals surface area contributed by atoms with Crippen LogP contribution in [0.15, 0.2) is 121 Å². The van der Waals surface area contributed by atoms with Crippen molar-refractivity contribution in [2.45, 2.75) is 73.4 Å². The number of hydrogen-bond donors (Lipinski definition) is 0. The average molecular weight is 599 g/mol. The molecule has 0 amide bonds. The quantitative estimate of drug-likeness (QED) is 0.184. The predicted molar refractivity (Wildman–Crippen MR) is 167 cm³/mol. The van der Waals surface area contributed by atoms with Gasteiger partial charge in [-0.25, -0.2) is 8.42 Å². The Hall–Kier alpha value is -3.97. The predicted octanol–water partition coefficient (Wildman–Crippen LogP) is 8.00. The number of hydrogen-bond acceptors (Lipinski definition) is 6. The van der Waals surface area contributed by atoms with E-state index in [2.05, 4.69) is 0 Å². The summed E-state index contributed by atoms with van der Waals surface area (Å²) in [6.07, 6.45) is 3.01. The summed E-state index contributed by atoms with van der Waals surface area (Å²) in [6, 6.07) is 37.2. The summed E-state index contributed by atoms with van der Waals surface area (Å²) in [5, 5.41) is 0. The van der Waals surface area contributed by atoms with E-state index < -0.39 is 31.9 Å². The van der Waals surface area contributed by atoms with Crippen LogP contribution in [0.4, 0.5) is 0 Å². The molecule has 0 radical (unpaired) electrons. The molecule has 0 aromatic heterocycles. The summed E-state index contributed by atoms with van der Waals surface area (Å²) in [6.45, 7) is 0. The van der Waals surface area contributed by atoms with Crippen molar-refractivity contribution in [3.63, 3.8) is 0 Å². The summed E-state index contributed by atoms with van der Waals surface area (Å²) >= 11 is 0. The molecule has 4 aromatic rings. The minimum absolute atomic E-state index is 0.264. The molecule has 2 aliphatic rings. The highest BCUT2D eigenvalue weighted by Crippen LogP contribution is 2.50. The Balaban J connectivity index is 1.52. The standard InChI is InChI=1S/C36H38O6S/c37-43(38,35(41-31-21-9-3-10-22-31)27-15-13-25-33(35)39-29-17-5-1-6-18-29)36(42-32-23-11-4-12-24-32)28-16-14-26-34(36)40-30-19-7-2-8-20-30/h1-12,17-24,33-34H,13-16,25-28H2. The van der Waals surface area contributed by atoms with Crippen LogP contribution in [0.25, 0.3) is 0 Å². The molecule has 2 aliphatic carbocycles. The molecule has 4 aromatic carbocycles. The fourth-order valence-corrected chi connectivity index (χ4v) is 9.26. The van der Waals surface area contributed by atoms with E-state index in [1.165, 1.54) is 0 Å². The van der Waals surface area contributed by atoms with Gasteiger partial charge in [0.2, 0.25) is 19.7 Å². The zero-order valence-electron chi connectivity index (χ0n) is 24.2. The van der Waals surface area contributed by atoms with Crippen LogP contribution >= 0.6 is 0 Å². The molecule has 0 bridgehead atoms. The van der Waals surface area contributed by atoms with Crippen molar-refractivity contribution < 1.29 is 27.4 Å². The first kappa shape index (κ1) is 29.1. The van der Waals surface area contributed by atoms with E-state index in [1.807, 2.05) is 97.1 Å². The number of sulfone groups is 1. The van der Waals surface area contributed by atoms with Gasteiger partial charge >= 0.3 is 0 Å². The monoisotopic (exact) mass is 598 g/mol. The van der Waals surface area contributed by atoms with E-state index in [9.17, 15) is 0 Å². The fourth-order valence-electron chi connectivity index (χ4n) is 6.41. The molecule has 0 saturated heterocycles. The van der Waals surface area contributed by atoms with Crippen molar-refractivity contribution in [1.29, 1.82) is 0 Å². The van der Waals surface area contributed by atoms with Crippen LogP contribution in [-0.2, 0) is 9.84 Å². The molecule has 4 unspecified atom stereocenters. The van der Waals surface area contributed by atoms with Gasteiger partial charge in [-0.3, -0.25) is 0 Å². The van der Waals surface area contributed by atoms with Crippen LogP contribution in [0.1, 0.15) is 51.4 Å². The Bertz CT molecular complexity index is 1440. The van der Waals surface area contributed by atoms with E-state index in [0.717, 1.165) is 12.8 Å². The molecule has 224 valence electrons. The van der Waals surface area contributed by atoms with Crippen LogP contribution in [0.2, 0.25) is 0 Å². The Kier molecular flexibility index (Phi) is 8.61. The molecule has 43 heavy (non-hydrogen) atoms. The lowest BCUT2D eigenvalue weighted by Gasteiger charge is -2.50. The number of benzene rings is 4. The SMILES string of the molecule is O=S(=O)(C1(Oc2ccccc2)CCCCC1Oc1ccccc1)C1(Oc2ccccc2)CCCCC1Oc1ccccc1. The lowest BCUT2D eigenvalue weighted by molar-refractivity contribution is -0.0394. The molecule has 6 rings (SSSR count). The van der Waals surface area contributed by atoms with Gasteiger partial charge in [-0.2, -0.15) is 0 Å². The van der Waals surface area contributed by atoms with Crippen molar-refractivity contribution in [2.24, 2.45) is 0 Å². The van der Waals surface area contributed by atoms with Gasteiger partial charge in [-0.15, -0.1) is 0 Å². The zero-order valence-corrected chi connectivity index (χ0v) is 25.0. The van der Waals surface area contributed by atoms with Gasteiger partial charge in [0.05, 0.1) is 0 Å². The maximum Gasteiger partial charge on any atom is 0.249 e. The van der Waals surface area contributed by atoms with Crippen LogP contribution in [-0.4, -0.2) is 30.5 Å². The van der Waals surface area contributed by atoms with Gasteiger partial charge in [-0.1, -0.05) is 72.8 Å². The normalized spacial score (nSPS) is 25.8. The van der Waals surface area contributed by atoms with E-state index in [-0.39, 0.29) is 12.8 Å². The fraction of sp³-hybridized carbons (Fsp3) is 0.333. The topological polar surface area (TPSA) is 71.1 Å². The molecule has 0 N–H and O–H groups in total. The van der Waals surface area contributed by atoms with Crippen molar-refractivity contribution in [2.75, 3.05) is 0 Å². The van der Waals surface area contributed by atoms with E-state index in [0.29, 0.717) is 48.7 Å². The molecular formula is C36H38O6S. The summed E-state index contributed by atoms with van der Waals surface area (Å²) < 4.78 is 58.2. The first-order valence-corrected chi connectivity index (χ1v) is 16.7.